The molecule has 0 radical (unpaired) electrons. The second-order valence-corrected chi connectivity index (χ2v) is 8.76. The van der Waals surface area contributed by atoms with Gasteiger partial charge >= 0.3 is 0 Å². The summed E-state index contributed by atoms with van der Waals surface area (Å²) in [5, 5.41) is 3.49. The summed E-state index contributed by atoms with van der Waals surface area (Å²) >= 11 is 6.40. The number of para-hydroxylation sites is 1. The number of benzene rings is 3. The minimum Gasteiger partial charge on any atom is -0.481 e. The van der Waals surface area contributed by atoms with E-state index >= 15 is 0 Å². The third kappa shape index (κ3) is 7.55. The summed E-state index contributed by atoms with van der Waals surface area (Å²) < 4.78 is 19.6. The fourth-order valence-electron chi connectivity index (χ4n) is 3.59. The Bertz CT molecular complexity index is 1130. The molecule has 0 unspecified atom stereocenters. The van der Waals surface area contributed by atoms with E-state index < -0.39 is 24.4 Å². The van der Waals surface area contributed by atoms with Gasteiger partial charge < -0.3 is 15.0 Å². The van der Waals surface area contributed by atoms with Crippen molar-refractivity contribution in [1.82, 2.24) is 10.2 Å². The standard InChI is InChI=1S/C28H30ClFN2O3/c1-3-20(2)31-28(34)25(17-21-11-5-4-6-12-21)32(18-22-13-7-8-14-23(22)29)27(33)19-35-26-16-10-9-15-24(26)30/h4-16,20,25H,3,17-19H2,1-2H3,(H,31,34)/t20-,25+/m1/s1. The van der Waals surface area contributed by atoms with Crippen molar-refractivity contribution in [1.29, 1.82) is 0 Å². The number of halogens is 2. The number of nitrogens with zero attached hydrogens (tertiary/aromatic N) is 1. The molecule has 7 heteroatoms. The van der Waals surface area contributed by atoms with E-state index in [1.165, 1.54) is 17.0 Å². The van der Waals surface area contributed by atoms with Gasteiger partial charge in [0.15, 0.2) is 18.2 Å². The molecule has 0 spiro atoms. The van der Waals surface area contributed by atoms with Crippen molar-refractivity contribution in [3.8, 4) is 5.75 Å². The third-order valence-corrected chi connectivity index (χ3v) is 6.13. The number of rotatable bonds is 11. The zero-order chi connectivity index (χ0) is 25.2. The van der Waals surface area contributed by atoms with Crippen LogP contribution in [-0.2, 0) is 22.6 Å². The molecule has 184 valence electrons. The molecule has 3 rings (SSSR count). The maximum atomic E-state index is 14.1. The second-order valence-electron chi connectivity index (χ2n) is 8.36. The van der Waals surface area contributed by atoms with Gasteiger partial charge in [-0.1, -0.05) is 79.2 Å². The largest absolute Gasteiger partial charge is 0.481 e. The molecule has 0 saturated heterocycles. The maximum absolute atomic E-state index is 14.1. The van der Waals surface area contributed by atoms with Crippen LogP contribution < -0.4 is 10.1 Å². The lowest BCUT2D eigenvalue weighted by atomic mass is 10.0. The van der Waals surface area contributed by atoms with E-state index in [0.29, 0.717) is 17.0 Å². The Morgan fingerprint density at radius 2 is 1.66 bits per heavy atom. The molecule has 1 N–H and O–H groups in total. The van der Waals surface area contributed by atoms with Crippen LogP contribution >= 0.6 is 11.6 Å². The summed E-state index contributed by atoms with van der Waals surface area (Å²) in [5.41, 5.74) is 1.60. The maximum Gasteiger partial charge on any atom is 0.261 e. The first-order valence-corrected chi connectivity index (χ1v) is 12.0. The summed E-state index contributed by atoms with van der Waals surface area (Å²) in [7, 11) is 0. The van der Waals surface area contributed by atoms with Crippen molar-refractivity contribution in [2.75, 3.05) is 6.61 Å². The molecule has 0 aliphatic carbocycles. The van der Waals surface area contributed by atoms with Crippen LogP contribution in [0.15, 0.2) is 78.9 Å². The molecule has 0 saturated carbocycles. The summed E-state index contributed by atoms with van der Waals surface area (Å²) in [6.45, 7) is 3.57. The Labute approximate surface area is 210 Å². The number of carbonyl (C=O) groups excluding carboxylic acids is 2. The van der Waals surface area contributed by atoms with Crippen molar-refractivity contribution in [3.63, 3.8) is 0 Å². The highest BCUT2D eigenvalue weighted by atomic mass is 35.5. The smallest absolute Gasteiger partial charge is 0.261 e. The van der Waals surface area contributed by atoms with Crippen molar-refractivity contribution >= 4 is 23.4 Å². The average Bonchev–Trinajstić information content (AvgIpc) is 2.87. The van der Waals surface area contributed by atoms with Crippen LogP contribution in [0.1, 0.15) is 31.4 Å². The monoisotopic (exact) mass is 496 g/mol. The Kier molecular flexibility index (Phi) is 9.67. The highest BCUT2D eigenvalue weighted by Crippen LogP contribution is 2.21. The van der Waals surface area contributed by atoms with Crippen LogP contribution in [0.3, 0.4) is 0 Å². The molecule has 0 heterocycles. The lowest BCUT2D eigenvalue weighted by Crippen LogP contribution is -2.53. The van der Waals surface area contributed by atoms with Crippen LogP contribution in [0, 0.1) is 5.82 Å². The number of amides is 2. The van der Waals surface area contributed by atoms with Gasteiger partial charge in [-0.2, -0.15) is 0 Å². The van der Waals surface area contributed by atoms with Crippen LogP contribution in [0.4, 0.5) is 4.39 Å². The Balaban J connectivity index is 1.93. The van der Waals surface area contributed by atoms with E-state index in [4.69, 9.17) is 16.3 Å². The molecule has 0 aliphatic heterocycles. The minimum atomic E-state index is -0.820. The zero-order valence-electron chi connectivity index (χ0n) is 19.9. The van der Waals surface area contributed by atoms with Gasteiger partial charge in [0, 0.05) is 24.0 Å². The molecule has 0 aliphatic rings. The fourth-order valence-corrected chi connectivity index (χ4v) is 3.78. The third-order valence-electron chi connectivity index (χ3n) is 5.76. The number of ether oxygens (including phenoxy) is 1. The summed E-state index contributed by atoms with van der Waals surface area (Å²) in [4.78, 5) is 28.4. The molecule has 0 aromatic heterocycles. The van der Waals surface area contributed by atoms with E-state index in [1.807, 2.05) is 56.3 Å². The summed E-state index contributed by atoms with van der Waals surface area (Å²) in [6.07, 6.45) is 1.05. The van der Waals surface area contributed by atoms with Gasteiger partial charge in [-0.3, -0.25) is 9.59 Å². The highest BCUT2D eigenvalue weighted by Gasteiger charge is 2.31. The average molecular weight is 497 g/mol. The van der Waals surface area contributed by atoms with E-state index in [1.54, 1.807) is 24.3 Å². The van der Waals surface area contributed by atoms with Crippen LogP contribution in [0.25, 0.3) is 0 Å². The van der Waals surface area contributed by atoms with E-state index in [2.05, 4.69) is 5.32 Å². The predicted octanol–water partition coefficient (Wildman–Crippen LogP) is 5.41. The zero-order valence-corrected chi connectivity index (χ0v) is 20.7. The van der Waals surface area contributed by atoms with Crippen molar-refractivity contribution in [2.24, 2.45) is 0 Å². The van der Waals surface area contributed by atoms with Gasteiger partial charge in [0.1, 0.15) is 6.04 Å². The van der Waals surface area contributed by atoms with Crippen LogP contribution in [-0.4, -0.2) is 35.4 Å². The Hall–Kier alpha value is -3.38. The SMILES string of the molecule is CC[C@@H](C)NC(=O)[C@H](Cc1ccccc1)N(Cc1ccccc1Cl)C(=O)COc1ccccc1F. The van der Waals surface area contributed by atoms with Gasteiger partial charge in [-0.25, -0.2) is 4.39 Å². The van der Waals surface area contributed by atoms with Gasteiger partial charge in [-0.05, 0) is 42.7 Å². The van der Waals surface area contributed by atoms with E-state index in [9.17, 15) is 14.0 Å². The second kappa shape index (κ2) is 12.9. The summed E-state index contributed by atoms with van der Waals surface area (Å²) in [6, 6.07) is 21.7. The first kappa shape index (κ1) is 26.2. The molecule has 3 aromatic carbocycles. The van der Waals surface area contributed by atoms with Crippen molar-refractivity contribution in [3.05, 3.63) is 101 Å². The molecule has 35 heavy (non-hydrogen) atoms. The quantitative estimate of drug-likeness (QED) is 0.386. The number of nitrogens with one attached hydrogen (secondary N) is 1. The normalized spacial score (nSPS) is 12.5. The molecule has 0 bridgehead atoms. The van der Waals surface area contributed by atoms with Crippen molar-refractivity contribution < 1.29 is 18.7 Å². The highest BCUT2D eigenvalue weighted by molar-refractivity contribution is 6.31. The molecule has 2 atom stereocenters. The Morgan fingerprint density at radius 1 is 1.00 bits per heavy atom. The first-order chi connectivity index (χ1) is 16.9. The molecular formula is C28H30ClFN2O3. The lowest BCUT2D eigenvalue weighted by molar-refractivity contribution is -0.143. The van der Waals surface area contributed by atoms with Crippen LogP contribution in [0.5, 0.6) is 5.75 Å². The number of hydrogen-bond acceptors (Lipinski definition) is 3. The van der Waals surface area contributed by atoms with Gasteiger partial charge in [0.25, 0.3) is 5.91 Å². The summed E-state index contributed by atoms with van der Waals surface area (Å²) in [5.74, 6) is -1.31. The van der Waals surface area contributed by atoms with E-state index in [-0.39, 0.29) is 24.2 Å². The lowest BCUT2D eigenvalue weighted by Gasteiger charge is -2.32. The topological polar surface area (TPSA) is 58.6 Å². The molecule has 0 fully saturated rings. The molecule has 5 nitrogen and oxygen atoms in total. The molecule has 3 aromatic rings. The Morgan fingerprint density at radius 3 is 2.34 bits per heavy atom. The fraction of sp³-hybridized carbons (Fsp3) is 0.286. The number of carbonyl (C=O) groups is 2. The molecular weight excluding hydrogens is 467 g/mol. The van der Waals surface area contributed by atoms with Crippen LogP contribution in [0.2, 0.25) is 5.02 Å². The molecule has 2 amide bonds. The van der Waals surface area contributed by atoms with Gasteiger partial charge in [0.05, 0.1) is 0 Å². The van der Waals surface area contributed by atoms with E-state index in [0.717, 1.165) is 12.0 Å². The predicted molar refractivity (Wildman–Crippen MR) is 136 cm³/mol. The van der Waals surface area contributed by atoms with Gasteiger partial charge in [-0.15, -0.1) is 0 Å². The van der Waals surface area contributed by atoms with Crippen molar-refractivity contribution in [2.45, 2.75) is 45.3 Å². The number of hydrogen-bond donors (Lipinski definition) is 1. The minimum absolute atomic E-state index is 0.0257. The first-order valence-electron chi connectivity index (χ1n) is 11.6. The van der Waals surface area contributed by atoms with Gasteiger partial charge in [0.2, 0.25) is 5.91 Å².